The minimum Gasteiger partial charge on any atom is -0.260 e. The molecule has 1 aliphatic carbocycles. The molecule has 1 aromatic heterocycles. The summed E-state index contributed by atoms with van der Waals surface area (Å²) in [6, 6.07) is 4.12. The predicted molar refractivity (Wildman–Crippen MR) is 62.6 cm³/mol. The van der Waals surface area contributed by atoms with Gasteiger partial charge in [-0.1, -0.05) is 6.42 Å². The van der Waals surface area contributed by atoms with Crippen LogP contribution >= 0.6 is 27.5 Å². The minimum absolute atomic E-state index is 0.350. The molecule has 0 unspecified atom stereocenters. The summed E-state index contributed by atoms with van der Waals surface area (Å²) in [6.45, 7) is 0. The molecule has 2 rings (SSSR count). The number of rotatable bonds is 3. The molecule has 3 heteroatoms. The lowest BCUT2D eigenvalue weighted by molar-refractivity contribution is 0.164. The second-order valence-corrected chi connectivity index (χ2v) is 5.31. The zero-order valence-corrected chi connectivity index (χ0v) is 10.3. The zero-order chi connectivity index (χ0) is 10.0. The van der Waals surface area contributed by atoms with Crippen LogP contribution in [0, 0.1) is 5.41 Å². The van der Waals surface area contributed by atoms with Gasteiger partial charge in [0.25, 0.3) is 0 Å². The van der Waals surface area contributed by atoms with E-state index in [-0.39, 0.29) is 0 Å². The van der Waals surface area contributed by atoms with Crippen LogP contribution in [-0.4, -0.2) is 10.9 Å². The van der Waals surface area contributed by atoms with E-state index >= 15 is 0 Å². The summed E-state index contributed by atoms with van der Waals surface area (Å²) in [7, 11) is 0. The Hall–Kier alpha value is -0.0800. The van der Waals surface area contributed by atoms with Gasteiger partial charge in [-0.15, -0.1) is 11.6 Å². The Bertz CT molecular complexity index is 300. The van der Waals surface area contributed by atoms with Crippen LogP contribution in [0.15, 0.2) is 22.8 Å². The topological polar surface area (TPSA) is 12.9 Å². The van der Waals surface area contributed by atoms with E-state index in [4.69, 9.17) is 11.6 Å². The molecule has 1 saturated carbocycles. The van der Waals surface area contributed by atoms with E-state index in [1.165, 1.54) is 19.3 Å². The van der Waals surface area contributed by atoms with Crippen LogP contribution in [0.5, 0.6) is 0 Å². The van der Waals surface area contributed by atoms with Crippen molar-refractivity contribution in [3.8, 4) is 0 Å². The summed E-state index contributed by atoms with van der Waals surface area (Å²) in [5.41, 5.74) is 1.51. The van der Waals surface area contributed by atoms with Gasteiger partial charge in [0.05, 0.1) is 0 Å². The highest BCUT2D eigenvalue weighted by Crippen LogP contribution is 2.44. The van der Waals surface area contributed by atoms with E-state index in [0.717, 1.165) is 22.5 Å². The number of alkyl halides is 1. The lowest BCUT2D eigenvalue weighted by Crippen LogP contribution is -2.33. The van der Waals surface area contributed by atoms with Gasteiger partial charge in [0, 0.05) is 22.2 Å². The van der Waals surface area contributed by atoms with Crippen LogP contribution in [0.2, 0.25) is 0 Å². The summed E-state index contributed by atoms with van der Waals surface area (Å²) >= 11 is 9.39. The Morgan fingerprint density at radius 1 is 1.43 bits per heavy atom. The number of hydrogen-bond acceptors (Lipinski definition) is 1. The Labute approximate surface area is 98.0 Å². The molecular weight excluding hydrogens is 261 g/mol. The average molecular weight is 275 g/mol. The lowest BCUT2D eigenvalue weighted by Gasteiger charge is -2.40. The molecule has 0 bridgehead atoms. The second-order valence-electron chi connectivity index (χ2n) is 4.13. The molecule has 0 amide bonds. The standard InChI is InChI=1S/C11H13BrClN/c12-9-2-3-10(14-7-9)6-11(8-13)4-1-5-11/h2-3,7H,1,4-6,8H2. The molecule has 0 atom stereocenters. The smallest absolute Gasteiger partial charge is 0.0413 e. The van der Waals surface area contributed by atoms with Crippen molar-refractivity contribution in [2.75, 3.05) is 5.88 Å². The maximum Gasteiger partial charge on any atom is 0.0413 e. The van der Waals surface area contributed by atoms with E-state index < -0.39 is 0 Å². The van der Waals surface area contributed by atoms with Crippen LogP contribution in [0.4, 0.5) is 0 Å². The summed E-state index contributed by atoms with van der Waals surface area (Å²) in [4.78, 5) is 4.39. The molecule has 14 heavy (non-hydrogen) atoms. The molecule has 1 nitrogen and oxygen atoms in total. The first-order valence-electron chi connectivity index (χ1n) is 4.91. The third-order valence-corrected chi connectivity index (χ3v) is 4.08. The molecule has 76 valence electrons. The van der Waals surface area contributed by atoms with E-state index in [1.807, 2.05) is 12.3 Å². The number of pyridine rings is 1. The van der Waals surface area contributed by atoms with Crippen LogP contribution in [0.3, 0.4) is 0 Å². The molecule has 1 fully saturated rings. The van der Waals surface area contributed by atoms with Gasteiger partial charge in [-0.3, -0.25) is 4.98 Å². The summed E-state index contributed by atoms with van der Waals surface area (Å²) in [6.07, 6.45) is 6.73. The van der Waals surface area contributed by atoms with Gasteiger partial charge in [-0.05, 0) is 52.7 Å². The monoisotopic (exact) mass is 273 g/mol. The molecule has 0 saturated heterocycles. The molecule has 0 radical (unpaired) electrons. The van der Waals surface area contributed by atoms with E-state index in [2.05, 4.69) is 27.0 Å². The third kappa shape index (κ3) is 2.12. The third-order valence-electron chi connectivity index (χ3n) is 3.04. The van der Waals surface area contributed by atoms with Crippen molar-refractivity contribution in [3.63, 3.8) is 0 Å². The summed E-state index contributed by atoms with van der Waals surface area (Å²) in [5.74, 6) is 0.769. The quantitative estimate of drug-likeness (QED) is 0.764. The molecule has 1 aliphatic rings. The summed E-state index contributed by atoms with van der Waals surface area (Å²) < 4.78 is 1.04. The maximum atomic E-state index is 6.00. The van der Waals surface area contributed by atoms with E-state index in [1.54, 1.807) is 0 Å². The number of hydrogen-bond donors (Lipinski definition) is 0. The van der Waals surface area contributed by atoms with Crippen LogP contribution in [0.25, 0.3) is 0 Å². The van der Waals surface area contributed by atoms with Crippen molar-refractivity contribution < 1.29 is 0 Å². The Kier molecular flexibility index (Phi) is 3.13. The molecular formula is C11H13BrClN. The fraction of sp³-hybridized carbons (Fsp3) is 0.545. The predicted octanol–water partition coefficient (Wildman–Crippen LogP) is 3.80. The highest BCUT2D eigenvalue weighted by atomic mass is 79.9. The van der Waals surface area contributed by atoms with Gasteiger partial charge in [-0.2, -0.15) is 0 Å². The van der Waals surface area contributed by atoms with Crippen molar-refractivity contribution in [2.45, 2.75) is 25.7 Å². The van der Waals surface area contributed by atoms with Crippen molar-refractivity contribution in [2.24, 2.45) is 5.41 Å². The number of halogens is 2. The van der Waals surface area contributed by atoms with Crippen molar-refractivity contribution >= 4 is 27.5 Å². The van der Waals surface area contributed by atoms with Gasteiger partial charge in [0.1, 0.15) is 0 Å². The zero-order valence-electron chi connectivity index (χ0n) is 7.97. The first-order valence-corrected chi connectivity index (χ1v) is 6.23. The largest absolute Gasteiger partial charge is 0.260 e. The van der Waals surface area contributed by atoms with Crippen molar-refractivity contribution in [1.29, 1.82) is 0 Å². The van der Waals surface area contributed by atoms with Crippen LogP contribution in [-0.2, 0) is 6.42 Å². The SMILES string of the molecule is ClCC1(Cc2ccc(Br)cn2)CCC1. The van der Waals surface area contributed by atoms with Gasteiger partial charge < -0.3 is 0 Å². The Morgan fingerprint density at radius 3 is 2.64 bits per heavy atom. The highest BCUT2D eigenvalue weighted by molar-refractivity contribution is 9.10. The highest BCUT2D eigenvalue weighted by Gasteiger charge is 2.36. The molecule has 1 aromatic rings. The maximum absolute atomic E-state index is 6.00. The number of nitrogens with zero attached hydrogens (tertiary/aromatic N) is 1. The van der Waals surface area contributed by atoms with Crippen molar-refractivity contribution in [3.05, 3.63) is 28.5 Å². The average Bonchev–Trinajstić information content (AvgIpc) is 2.15. The van der Waals surface area contributed by atoms with Gasteiger partial charge in [-0.25, -0.2) is 0 Å². The Balaban J connectivity index is 2.06. The van der Waals surface area contributed by atoms with Crippen LogP contribution < -0.4 is 0 Å². The lowest BCUT2D eigenvalue weighted by atomic mass is 9.67. The fourth-order valence-electron chi connectivity index (χ4n) is 1.93. The van der Waals surface area contributed by atoms with Crippen LogP contribution in [0.1, 0.15) is 25.0 Å². The normalized spacial score (nSPS) is 19.0. The summed E-state index contributed by atoms with van der Waals surface area (Å²) in [5, 5.41) is 0. The molecule has 1 heterocycles. The van der Waals surface area contributed by atoms with Gasteiger partial charge >= 0.3 is 0 Å². The Morgan fingerprint density at radius 2 is 2.21 bits per heavy atom. The first kappa shape index (κ1) is 10.4. The second kappa shape index (κ2) is 4.19. The van der Waals surface area contributed by atoms with E-state index in [9.17, 15) is 0 Å². The number of aromatic nitrogens is 1. The first-order chi connectivity index (χ1) is 6.74. The fourth-order valence-corrected chi connectivity index (χ4v) is 2.53. The minimum atomic E-state index is 0.350. The molecule has 0 aliphatic heterocycles. The van der Waals surface area contributed by atoms with Crippen molar-refractivity contribution in [1.82, 2.24) is 4.98 Å². The van der Waals surface area contributed by atoms with Gasteiger partial charge in [0.2, 0.25) is 0 Å². The molecule has 0 spiro atoms. The van der Waals surface area contributed by atoms with Gasteiger partial charge in [0.15, 0.2) is 0 Å². The molecule has 0 aromatic carbocycles. The van der Waals surface area contributed by atoms with E-state index in [0.29, 0.717) is 5.41 Å². The molecule has 0 N–H and O–H groups in total.